The summed E-state index contributed by atoms with van der Waals surface area (Å²) in [6.45, 7) is 0. The maximum absolute atomic E-state index is 12.8. The van der Waals surface area contributed by atoms with Gasteiger partial charge in [-0.2, -0.15) is 0 Å². The third-order valence-corrected chi connectivity index (χ3v) is 4.81. The fourth-order valence-electron chi connectivity index (χ4n) is 3.53. The van der Waals surface area contributed by atoms with Gasteiger partial charge in [-0.15, -0.1) is 0 Å². The molecule has 0 spiro atoms. The Morgan fingerprint density at radius 2 is 1.31 bits per heavy atom. The molecule has 1 saturated heterocycles. The molecule has 5 heteroatoms. The molecule has 3 aromatic rings. The van der Waals surface area contributed by atoms with Gasteiger partial charge < -0.3 is 4.74 Å². The first-order valence-corrected chi connectivity index (χ1v) is 8.20. The first-order chi connectivity index (χ1) is 12.6. The molecule has 0 amide bonds. The molecular formula is C21H15NO4. The number of nitro groups is 1. The minimum absolute atomic E-state index is 0.00409. The highest BCUT2D eigenvalue weighted by atomic mass is 16.6. The van der Waals surface area contributed by atoms with Crippen molar-refractivity contribution in [2.45, 2.75) is 11.5 Å². The van der Waals surface area contributed by atoms with Gasteiger partial charge in [-0.1, -0.05) is 60.7 Å². The van der Waals surface area contributed by atoms with Crippen LogP contribution in [0.5, 0.6) is 0 Å². The van der Waals surface area contributed by atoms with E-state index in [1.54, 1.807) is 12.1 Å². The van der Waals surface area contributed by atoms with E-state index in [0.717, 1.165) is 16.7 Å². The monoisotopic (exact) mass is 345 g/mol. The molecule has 0 saturated carbocycles. The molecular weight excluding hydrogens is 330 g/mol. The number of nitro benzene ring substituents is 1. The molecule has 0 radical (unpaired) electrons. The van der Waals surface area contributed by atoms with Gasteiger partial charge in [0.15, 0.2) is 11.5 Å². The maximum atomic E-state index is 12.8. The van der Waals surface area contributed by atoms with E-state index >= 15 is 0 Å². The summed E-state index contributed by atoms with van der Waals surface area (Å²) in [5, 5.41) is 10.9. The van der Waals surface area contributed by atoms with Crippen molar-refractivity contribution >= 4 is 11.7 Å². The predicted molar refractivity (Wildman–Crippen MR) is 95.6 cm³/mol. The summed E-state index contributed by atoms with van der Waals surface area (Å²) in [5.74, 6) is -0.321. The fraction of sp³-hybridized carbons (Fsp3) is 0.0952. The van der Waals surface area contributed by atoms with Gasteiger partial charge in [0.2, 0.25) is 0 Å². The van der Waals surface area contributed by atoms with E-state index in [2.05, 4.69) is 0 Å². The van der Waals surface area contributed by atoms with Crippen LogP contribution in [0.4, 0.5) is 5.69 Å². The van der Waals surface area contributed by atoms with Crippen LogP contribution in [0.2, 0.25) is 0 Å². The van der Waals surface area contributed by atoms with Gasteiger partial charge >= 0.3 is 5.97 Å². The largest absolute Gasteiger partial charge is 0.454 e. The van der Waals surface area contributed by atoms with Crippen LogP contribution in [0.25, 0.3) is 0 Å². The number of carbonyl (C=O) groups excluding carboxylic acids is 1. The zero-order valence-electron chi connectivity index (χ0n) is 13.7. The molecule has 1 aliphatic heterocycles. The highest BCUT2D eigenvalue weighted by Crippen LogP contribution is 2.53. The maximum Gasteiger partial charge on any atom is 0.325 e. The second kappa shape index (κ2) is 6.11. The molecule has 5 nitrogen and oxygen atoms in total. The second-order valence-electron chi connectivity index (χ2n) is 6.17. The van der Waals surface area contributed by atoms with E-state index in [9.17, 15) is 14.9 Å². The van der Waals surface area contributed by atoms with E-state index in [-0.39, 0.29) is 11.7 Å². The minimum atomic E-state index is -0.960. The van der Waals surface area contributed by atoms with E-state index in [1.807, 2.05) is 60.7 Å². The van der Waals surface area contributed by atoms with Crippen molar-refractivity contribution in [2.75, 3.05) is 0 Å². The smallest absolute Gasteiger partial charge is 0.325 e. The average molecular weight is 345 g/mol. The van der Waals surface area contributed by atoms with Crippen LogP contribution >= 0.6 is 0 Å². The number of hydrogen-bond donors (Lipinski definition) is 0. The summed E-state index contributed by atoms with van der Waals surface area (Å²) in [4.78, 5) is 23.2. The lowest BCUT2D eigenvalue weighted by Crippen LogP contribution is -2.55. The Morgan fingerprint density at radius 1 is 0.808 bits per heavy atom. The van der Waals surface area contributed by atoms with Crippen molar-refractivity contribution < 1.29 is 14.5 Å². The first-order valence-electron chi connectivity index (χ1n) is 8.20. The zero-order valence-corrected chi connectivity index (χ0v) is 13.7. The lowest BCUT2D eigenvalue weighted by molar-refractivity contribution is -0.384. The molecule has 26 heavy (non-hydrogen) atoms. The number of rotatable bonds is 4. The fourth-order valence-corrected chi connectivity index (χ4v) is 3.53. The van der Waals surface area contributed by atoms with Gasteiger partial charge in [0.1, 0.15) is 0 Å². The summed E-state index contributed by atoms with van der Waals surface area (Å²) in [6, 6.07) is 25.1. The quantitative estimate of drug-likeness (QED) is 0.404. The predicted octanol–water partition coefficient (Wildman–Crippen LogP) is 4.18. The Labute approximate surface area is 150 Å². The molecule has 1 atom stereocenters. The molecule has 1 fully saturated rings. The molecule has 128 valence electrons. The van der Waals surface area contributed by atoms with Crippen molar-refractivity contribution in [1.29, 1.82) is 0 Å². The summed E-state index contributed by atoms with van der Waals surface area (Å²) < 4.78 is 5.54. The summed E-state index contributed by atoms with van der Waals surface area (Å²) >= 11 is 0. The number of hydrogen-bond acceptors (Lipinski definition) is 4. The lowest BCUT2D eigenvalue weighted by atomic mass is 9.65. The SMILES string of the molecule is O=C1O[C@H](c2ccc([N+](=O)[O-])cc2)C1(c1ccccc1)c1ccccc1. The van der Waals surface area contributed by atoms with Crippen molar-refractivity contribution in [1.82, 2.24) is 0 Å². The average Bonchev–Trinajstić information content (AvgIpc) is 2.68. The Bertz CT molecular complexity index is 913. The first kappa shape index (κ1) is 16.0. The summed E-state index contributed by atoms with van der Waals surface area (Å²) in [6.07, 6.45) is -0.541. The van der Waals surface area contributed by atoms with Crippen LogP contribution in [-0.4, -0.2) is 10.9 Å². The van der Waals surface area contributed by atoms with Crippen LogP contribution in [0.15, 0.2) is 84.9 Å². The molecule has 1 aliphatic rings. The van der Waals surface area contributed by atoms with Crippen molar-refractivity contribution in [2.24, 2.45) is 0 Å². The molecule has 0 unspecified atom stereocenters. The van der Waals surface area contributed by atoms with Crippen LogP contribution in [0.3, 0.4) is 0 Å². The van der Waals surface area contributed by atoms with Crippen LogP contribution in [0, 0.1) is 10.1 Å². The normalized spacial score (nSPS) is 17.8. The lowest BCUT2D eigenvalue weighted by Gasteiger charge is -2.47. The molecule has 3 aromatic carbocycles. The number of carbonyl (C=O) groups is 1. The molecule has 4 rings (SSSR count). The number of nitrogens with zero attached hydrogens (tertiary/aromatic N) is 1. The van der Waals surface area contributed by atoms with Crippen LogP contribution < -0.4 is 0 Å². The van der Waals surface area contributed by atoms with E-state index < -0.39 is 16.4 Å². The Balaban J connectivity index is 1.87. The second-order valence-corrected chi connectivity index (χ2v) is 6.17. The molecule has 1 heterocycles. The van der Waals surface area contributed by atoms with E-state index in [1.165, 1.54) is 12.1 Å². The zero-order chi connectivity index (χ0) is 18.1. The highest BCUT2D eigenvalue weighted by Gasteiger charge is 2.61. The van der Waals surface area contributed by atoms with Gasteiger partial charge in [0.25, 0.3) is 5.69 Å². The van der Waals surface area contributed by atoms with Crippen molar-refractivity contribution in [3.05, 3.63) is 112 Å². The number of esters is 1. The number of ether oxygens (including phenoxy) is 1. The van der Waals surface area contributed by atoms with Gasteiger partial charge in [-0.05, 0) is 28.8 Å². The van der Waals surface area contributed by atoms with Gasteiger partial charge in [-0.25, -0.2) is 0 Å². The number of cyclic esters (lactones) is 1. The molecule has 0 aliphatic carbocycles. The third kappa shape index (κ3) is 2.29. The van der Waals surface area contributed by atoms with E-state index in [4.69, 9.17) is 4.74 Å². The number of benzene rings is 3. The Morgan fingerprint density at radius 3 is 1.73 bits per heavy atom. The Kier molecular flexibility index (Phi) is 3.77. The minimum Gasteiger partial charge on any atom is -0.454 e. The molecule has 0 bridgehead atoms. The van der Waals surface area contributed by atoms with Crippen molar-refractivity contribution in [3.63, 3.8) is 0 Å². The van der Waals surface area contributed by atoms with Crippen LogP contribution in [0.1, 0.15) is 22.8 Å². The van der Waals surface area contributed by atoms with Crippen LogP contribution in [-0.2, 0) is 14.9 Å². The van der Waals surface area contributed by atoms with Gasteiger partial charge in [0, 0.05) is 12.1 Å². The molecule has 0 aromatic heterocycles. The number of non-ortho nitro benzene ring substituents is 1. The van der Waals surface area contributed by atoms with Gasteiger partial charge in [-0.3, -0.25) is 14.9 Å². The topological polar surface area (TPSA) is 69.4 Å². The Hall–Kier alpha value is -3.47. The van der Waals surface area contributed by atoms with Gasteiger partial charge in [0.05, 0.1) is 4.92 Å². The van der Waals surface area contributed by atoms with Crippen molar-refractivity contribution in [3.8, 4) is 0 Å². The summed E-state index contributed by atoms with van der Waals surface area (Å²) in [5.41, 5.74) is 1.45. The standard InChI is InChI=1S/C21H15NO4/c23-20-21(16-7-3-1-4-8-16,17-9-5-2-6-10-17)19(26-20)15-11-13-18(14-12-15)22(24)25/h1-14,19H/t19-/m1/s1. The highest BCUT2D eigenvalue weighted by molar-refractivity contribution is 5.94. The summed E-state index contributed by atoms with van der Waals surface area (Å²) in [7, 11) is 0. The molecule has 0 N–H and O–H groups in total. The third-order valence-electron chi connectivity index (χ3n) is 4.81. The van der Waals surface area contributed by atoms with E-state index in [0.29, 0.717) is 0 Å².